The maximum Gasteiger partial charge on any atom is 0.303 e. The number of rotatable bonds is 9. The first-order valence-electron chi connectivity index (χ1n) is 8.63. The van der Waals surface area contributed by atoms with Crippen LogP contribution in [0.3, 0.4) is 0 Å². The minimum atomic E-state index is -4.29. The lowest BCUT2D eigenvalue weighted by Gasteiger charge is -2.18. The SMILES string of the molecule is COc1ccc2c(c1)=NC(S)(S(=O)(=O)c1ccc(OCC(N)=O)c(OCC(N)=O)c1)N=2. The van der Waals surface area contributed by atoms with Crippen molar-refractivity contribution in [3.63, 3.8) is 0 Å². The van der Waals surface area contributed by atoms with Crippen molar-refractivity contribution in [1.29, 1.82) is 0 Å². The van der Waals surface area contributed by atoms with Crippen molar-refractivity contribution in [2.75, 3.05) is 20.3 Å². The number of benzene rings is 2. The number of nitrogens with two attached hydrogens (primary N) is 2. The second kappa shape index (κ2) is 8.43. The van der Waals surface area contributed by atoms with Gasteiger partial charge >= 0.3 is 4.33 Å². The summed E-state index contributed by atoms with van der Waals surface area (Å²) in [6.45, 7) is -1.04. The summed E-state index contributed by atoms with van der Waals surface area (Å²) in [5.41, 5.74) is 10.1. The van der Waals surface area contributed by atoms with E-state index < -0.39 is 39.2 Å². The number of primary amides is 2. The molecule has 2 aromatic rings. The normalized spacial score (nSPS) is 17.1. The molecule has 31 heavy (non-hydrogen) atoms. The number of carbonyl (C=O) groups is 2. The van der Waals surface area contributed by atoms with Gasteiger partial charge in [-0.3, -0.25) is 9.59 Å². The Balaban J connectivity index is 2.03. The molecule has 0 fully saturated rings. The molecule has 164 valence electrons. The Kier molecular flexibility index (Phi) is 6.08. The quantitative estimate of drug-likeness (QED) is 0.385. The van der Waals surface area contributed by atoms with Crippen molar-refractivity contribution in [2.45, 2.75) is 9.22 Å². The lowest BCUT2D eigenvalue weighted by atomic mass is 10.3. The first-order chi connectivity index (χ1) is 14.6. The van der Waals surface area contributed by atoms with E-state index in [4.69, 9.17) is 25.7 Å². The van der Waals surface area contributed by atoms with E-state index in [0.29, 0.717) is 16.5 Å². The van der Waals surface area contributed by atoms with Crippen molar-refractivity contribution in [2.24, 2.45) is 21.5 Å². The molecule has 0 spiro atoms. The van der Waals surface area contributed by atoms with Gasteiger partial charge in [0.1, 0.15) is 5.75 Å². The Hall–Kier alpha value is -3.32. The number of carbonyl (C=O) groups excluding carboxylic acids is 2. The van der Waals surface area contributed by atoms with Crippen LogP contribution in [-0.4, -0.2) is 44.9 Å². The summed E-state index contributed by atoms with van der Waals surface area (Å²) < 4.78 is 40.0. The van der Waals surface area contributed by atoms with Gasteiger partial charge in [0, 0.05) is 12.1 Å². The third kappa shape index (κ3) is 4.56. The fourth-order valence-corrected chi connectivity index (χ4v) is 4.41. The monoisotopic (exact) mass is 466 g/mol. The van der Waals surface area contributed by atoms with Gasteiger partial charge in [-0.05, 0) is 24.3 Å². The molecule has 13 heteroatoms. The summed E-state index contributed by atoms with van der Waals surface area (Å²) in [5, 5.41) is 0.621. The number of methoxy groups -OCH3 is 1. The van der Waals surface area contributed by atoms with Gasteiger partial charge in [-0.2, -0.15) is 0 Å². The molecule has 0 aliphatic carbocycles. The predicted molar refractivity (Wildman–Crippen MR) is 110 cm³/mol. The van der Waals surface area contributed by atoms with E-state index in [2.05, 4.69) is 22.6 Å². The van der Waals surface area contributed by atoms with E-state index in [1.165, 1.54) is 25.3 Å². The zero-order valence-corrected chi connectivity index (χ0v) is 17.9. The second-order valence-electron chi connectivity index (χ2n) is 6.27. The summed E-state index contributed by atoms with van der Waals surface area (Å²) in [6.07, 6.45) is 0. The van der Waals surface area contributed by atoms with Crippen molar-refractivity contribution in [3.8, 4) is 17.2 Å². The molecule has 1 aliphatic rings. The van der Waals surface area contributed by atoms with Crippen LogP contribution in [0.4, 0.5) is 0 Å². The van der Waals surface area contributed by atoms with Gasteiger partial charge in [-0.15, -0.1) is 12.6 Å². The van der Waals surface area contributed by atoms with Crippen LogP contribution < -0.4 is 36.4 Å². The van der Waals surface area contributed by atoms with E-state index >= 15 is 0 Å². The molecule has 11 nitrogen and oxygen atoms in total. The molecule has 0 radical (unpaired) electrons. The molecule has 1 heterocycles. The van der Waals surface area contributed by atoms with Gasteiger partial charge in [0.15, 0.2) is 24.7 Å². The lowest BCUT2D eigenvalue weighted by molar-refractivity contribution is -0.121. The maximum absolute atomic E-state index is 13.3. The number of sulfone groups is 1. The molecule has 1 unspecified atom stereocenters. The van der Waals surface area contributed by atoms with Crippen LogP contribution in [0.2, 0.25) is 0 Å². The van der Waals surface area contributed by atoms with Crippen LogP contribution in [-0.2, 0) is 19.4 Å². The molecule has 4 N–H and O–H groups in total. The summed E-state index contributed by atoms with van der Waals surface area (Å²) in [6, 6.07) is 8.26. The highest BCUT2D eigenvalue weighted by Crippen LogP contribution is 2.37. The van der Waals surface area contributed by atoms with E-state index in [9.17, 15) is 18.0 Å². The van der Waals surface area contributed by atoms with Gasteiger partial charge < -0.3 is 25.7 Å². The molecule has 0 saturated heterocycles. The lowest BCUT2D eigenvalue weighted by Crippen LogP contribution is -2.28. The van der Waals surface area contributed by atoms with Crippen molar-refractivity contribution in [1.82, 2.24) is 0 Å². The van der Waals surface area contributed by atoms with Gasteiger partial charge in [0.05, 0.1) is 22.7 Å². The number of ether oxygens (including phenoxy) is 3. The Bertz CT molecular complexity index is 1280. The highest BCUT2D eigenvalue weighted by molar-refractivity contribution is 8.06. The molecular formula is C18H18N4O7S2. The molecule has 3 rings (SSSR count). The maximum atomic E-state index is 13.3. The Labute approximate surface area is 182 Å². The minimum absolute atomic E-state index is 0.0134. The molecule has 0 saturated carbocycles. The van der Waals surface area contributed by atoms with Crippen LogP contribution >= 0.6 is 12.6 Å². The zero-order chi connectivity index (χ0) is 22.8. The zero-order valence-electron chi connectivity index (χ0n) is 16.1. The average Bonchev–Trinajstić information content (AvgIpc) is 3.07. The van der Waals surface area contributed by atoms with Crippen LogP contribution in [0, 0.1) is 0 Å². The van der Waals surface area contributed by atoms with E-state index in [1.54, 1.807) is 12.1 Å². The number of hydrogen-bond acceptors (Lipinski definition) is 10. The fraction of sp³-hybridized carbons (Fsp3) is 0.222. The minimum Gasteiger partial charge on any atom is -0.497 e. The highest BCUT2D eigenvalue weighted by Gasteiger charge is 2.43. The Morgan fingerprint density at radius 1 is 0.968 bits per heavy atom. The first-order valence-corrected chi connectivity index (χ1v) is 10.6. The first kappa shape index (κ1) is 22.4. The number of hydrogen-bond donors (Lipinski definition) is 3. The molecule has 0 aromatic heterocycles. The van der Waals surface area contributed by atoms with Crippen LogP contribution in [0.1, 0.15) is 0 Å². The van der Waals surface area contributed by atoms with Gasteiger partial charge in [0.2, 0.25) is 9.84 Å². The van der Waals surface area contributed by atoms with Gasteiger partial charge in [-0.1, -0.05) is 0 Å². The van der Waals surface area contributed by atoms with Crippen molar-refractivity contribution < 1.29 is 32.2 Å². The Morgan fingerprint density at radius 2 is 1.58 bits per heavy atom. The third-order valence-electron chi connectivity index (χ3n) is 4.04. The number of thiol groups is 1. The summed E-state index contributed by atoms with van der Waals surface area (Å²) in [5.74, 6) is -1.24. The van der Waals surface area contributed by atoms with Crippen LogP contribution in [0.5, 0.6) is 17.2 Å². The predicted octanol–water partition coefficient (Wildman–Crippen LogP) is -1.31. The summed E-state index contributed by atoms with van der Waals surface area (Å²) >= 11 is 4.23. The highest BCUT2D eigenvalue weighted by atomic mass is 32.2. The average molecular weight is 466 g/mol. The van der Waals surface area contributed by atoms with E-state index in [1.807, 2.05) is 0 Å². The van der Waals surface area contributed by atoms with Crippen molar-refractivity contribution in [3.05, 3.63) is 47.1 Å². The molecule has 1 aliphatic heterocycles. The largest absolute Gasteiger partial charge is 0.497 e. The molecule has 1 atom stereocenters. The van der Waals surface area contributed by atoms with E-state index in [-0.39, 0.29) is 16.4 Å². The summed E-state index contributed by atoms with van der Waals surface area (Å²) in [7, 11) is -2.82. The topological polar surface area (TPSA) is 173 Å². The number of nitrogens with zero attached hydrogens (tertiary/aromatic N) is 2. The van der Waals surface area contributed by atoms with Crippen molar-refractivity contribution >= 4 is 34.3 Å². The summed E-state index contributed by atoms with van der Waals surface area (Å²) in [4.78, 5) is 30.1. The standard InChI is InChI=1S/C18H18N4O7S2/c1-27-10-2-4-12-13(6-10)22-18(30,21-12)31(25,26)11-3-5-14(28-8-16(19)23)15(7-11)29-9-17(20)24/h2-7,30H,8-9H2,1H3,(H2,19,23)(H2,20,24). The van der Waals surface area contributed by atoms with Gasteiger partial charge in [-0.25, -0.2) is 18.4 Å². The number of amides is 2. The number of fused-ring (bicyclic) bond motifs is 1. The van der Waals surface area contributed by atoms with Crippen LogP contribution in [0.25, 0.3) is 0 Å². The second-order valence-corrected chi connectivity index (χ2v) is 9.25. The third-order valence-corrected chi connectivity index (χ3v) is 6.74. The fourth-order valence-electron chi connectivity index (χ4n) is 2.62. The molecular weight excluding hydrogens is 448 g/mol. The molecule has 2 aromatic carbocycles. The van der Waals surface area contributed by atoms with Crippen LogP contribution in [0.15, 0.2) is 51.3 Å². The van der Waals surface area contributed by atoms with Gasteiger partial charge in [0.25, 0.3) is 11.8 Å². The molecule has 2 amide bonds. The Morgan fingerprint density at radius 3 is 2.19 bits per heavy atom. The van der Waals surface area contributed by atoms with E-state index in [0.717, 1.165) is 6.07 Å². The molecule has 0 bridgehead atoms. The smallest absolute Gasteiger partial charge is 0.303 e.